The van der Waals surface area contributed by atoms with Crippen molar-refractivity contribution in [2.24, 2.45) is 0 Å². The van der Waals surface area contributed by atoms with Crippen LogP contribution in [0.25, 0.3) is 0 Å². The van der Waals surface area contributed by atoms with Gasteiger partial charge in [0.05, 0.1) is 16.6 Å². The lowest BCUT2D eigenvalue weighted by molar-refractivity contribution is -0.385. The quantitative estimate of drug-likeness (QED) is 0.235. The molecule has 0 heterocycles. The van der Waals surface area contributed by atoms with Crippen LogP contribution in [0.3, 0.4) is 0 Å². The fraction of sp³-hybridized carbons (Fsp3) is 0. The van der Waals surface area contributed by atoms with Gasteiger partial charge in [-0.2, -0.15) is 0 Å². The van der Waals surface area contributed by atoms with E-state index in [1.54, 1.807) is 0 Å². The Morgan fingerprint density at radius 2 is 1.58 bits per heavy atom. The molecule has 2 aromatic carbocycles. The monoisotopic (exact) mass is 335 g/mol. The molecule has 0 aliphatic heterocycles. The number of phenols is 3. The zero-order valence-electron chi connectivity index (χ0n) is 11.7. The Bertz CT molecular complexity index is 831. The highest BCUT2D eigenvalue weighted by Gasteiger charge is 2.20. The normalized spacial score (nSPS) is 10.0. The van der Waals surface area contributed by atoms with Crippen LogP contribution in [-0.2, 0) is 0 Å². The Kier molecular flexibility index (Phi) is 4.50. The van der Waals surface area contributed by atoms with Crippen molar-refractivity contribution < 1.29 is 39.6 Å². The van der Waals surface area contributed by atoms with Crippen molar-refractivity contribution in [1.82, 2.24) is 0 Å². The molecule has 0 saturated heterocycles. The summed E-state index contributed by atoms with van der Waals surface area (Å²) < 4.78 is 0. The molecule has 2 aromatic rings. The van der Waals surface area contributed by atoms with E-state index in [2.05, 4.69) is 0 Å². The van der Waals surface area contributed by atoms with E-state index < -0.39 is 39.4 Å². The number of hydrogen-bond acceptors (Lipinski definition) is 9. The summed E-state index contributed by atoms with van der Waals surface area (Å²) in [6.07, 6.45) is 0.556. The Labute approximate surface area is 133 Å². The van der Waals surface area contributed by atoms with Crippen molar-refractivity contribution in [3.8, 4) is 28.7 Å². The number of aromatic hydroxyl groups is 3. The van der Waals surface area contributed by atoms with Gasteiger partial charge in [0.2, 0.25) is 17.2 Å². The molecule has 0 radical (unpaired) electrons. The van der Waals surface area contributed by atoms with Crippen LogP contribution in [0.15, 0.2) is 24.3 Å². The van der Waals surface area contributed by atoms with Gasteiger partial charge in [0.15, 0.2) is 17.8 Å². The van der Waals surface area contributed by atoms with Crippen molar-refractivity contribution in [3.63, 3.8) is 0 Å². The third-order valence-corrected chi connectivity index (χ3v) is 2.87. The van der Waals surface area contributed by atoms with E-state index in [4.69, 9.17) is 9.78 Å². The summed E-state index contributed by atoms with van der Waals surface area (Å²) in [7, 11) is 0. The largest absolute Gasteiger partial charge is 0.504 e. The second-order valence-electron chi connectivity index (χ2n) is 4.43. The standard InChI is InChI=1S/C14H9NO9/c16-5-7-1-11(19)14(20)13(2-7)24-23-12-3-8(6-17)9(15(21)22)4-10(12)18/h1-6,18-20H. The van der Waals surface area contributed by atoms with E-state index in [1.165, 1.54) is 0 Å². The number of carbonyl (C=O) groups is 2. The number of nitro benzene ring substituents is 1. The van der Waals surface area contributed by atoms with Gasteiger partial charge in [0.25, 0.3) is 5.69 Å². The lowest BCUT2D eigenvalue weighted by Gasteiger charge is -2.10. The molecule has 0 aliphatic carbocycles. The van der Waals surface area contributed by atoms with Crippen LogP contribution in [0, 0.1) is 10.1 Å². The average Bonchev–Trinajstić information content (AvgIpc) is 2.56. The van der Waals surface area contributed by atoms with Gasteiger partial charge in [-0.3, -0.25) is 29.5 Å². The minimum absolute atomic E-state index is 0.0367. The van der Waals surface area contributed by atoms with Gasteiger partial charge >= 0.3 is 0 Å². The summed E-state index contributed by atoms with van der Waals surface area (Å²) in [6.45, 7) is 0. The van der Waals surface area contributed by atoms with E-state index in [1.807, 2.05) is 0 Å². The fourth-order valence-corrected chi connectivity index (χ4v) is 1.73. The highest BCUT2D eigenvalue weighted by atomic mass is 17.2. The minimum Gasteiger partial charge on any atom is -0.504 e. The van der Waals surface area contributed by atoms with Gasteiger partial charge in [-0.25, -0.2) is 0 Å². The number of nitrogens with zero attached hydrogens (tertiary/aromatic N) is 1. The smallest absolute Gasteiger partial charge is 0.283 e. The van der Waals surface area contributed by atoms with E-state index >= 15 is 0 Å². The zero-order valence-corrected chi connectivity index (χ0v) is 11.7. The van der Waals surface area contributed by atoms with Crippen LogP contribution >= 0.6 is 0 Å². The van der Waals surface area contributed by atoms with Crippen molar-refractivity contribution in [2.45, 2.75) is 0 Å². The molecule has 10 nitrogen and oxygen atoms in total. The molecule has 0 aromatic heterocycles. The molecule has 0 atom stereocenters. The van der Waals surface area contributed by atoms with Crippen molar-refractivity contribution in [3.05, 3.63) is 45.5 Å². The first-order valence-electron chi connectivity index (χ1n) is 6.19. The highest BCUT2D eigenvalue weighted by molar-refractivity contribution is 5.83. The Balaban J connectivity index is 2.33. The lowest BCUT2D eigenvalue weighted by Crippen LogP contribution is -2.03. The molecule has 3 N–H and O–H groups in total. The fourth-order valence-electron chi connectivity index (χ4n) is 1.73. The number of benzene rings is 2. The maximum Gasteiger partial charge on any atom is 0.283 e. The first-order chi connectivity index (χ1) is 11.4. The van der Waals surface area contributed by atoms with Crippen LogP contribution in [0.2, 0.25) is 0 Å². The lowest BCUT2D eigenvalue weighted by atomic mass is 10.2. The van der Waals surface area contributed by atoms with Crippen LogP contribution in [-0.4, -0.2) is 32.8 Å². The number of rotatable bonds is 6. The molecule has 0 amide bonds. The topological polar surface area (TPSA) is 156 Å². The maximum atomic E-state index is 10.9. The van der Waals surface area contributed by atoms with E-state index in [9.17, 15) is 35.0 Å². The van der Waals surface area contributed by atoms with Crippen LogP contribution in [0.1, 0.15) is 20.7 Å². The summed E-state index contributed by atoms with van der Waals surface area (Å²) in [5.41, 5.74) is -1.06. The van der Waals surface area contributed by atoms with Gasteiger partial charge in [0.1, 0.15) is 6.29 Å². The summed E-state index contributed by atoms with van der Waals surface area (Å²) in [4.78, 5) is 40.9. The predicted octanol–water partition coefficient (Wildman–Crippen LogP) is 1.71. The molecule has 0 unspecified atom stereocenters. The number of nitro groups is 1. The minimum atomic E-state index is -0.870. The second-order valence-corrected chi connectivity index (χ2v) is 4.43. The maximum absolute atomic E-state index is 10.9. The number of hydrogen-bond donors (Lipinski definition) is 3. The van der Waals surface area contributed by atoms with E-state index in [0.29, 0.717) is 12.4 Å². The van der Waals surface area contributed by atoms with Gasteiger partial charge in [-0.1, -0.05) is 0 Å². The zero-order chi connectivity index (χ0) is 17.9. The van der Waals surface area contributed by atoms with E-state index in [-0.39, 0.29) is 17.4 Å². The van der Waals surface area contributed by atoms with Crippen LogP contribution < -0.4 is 9.78 Å². The highest BCUT2D eigenvalue weighted by Crippen LogP contribution is 2.38. The van der Waals surface area contributed by atoms with E-state index in [0.717, 1.165) is 18.2 Å². The first kappa shape index (κ1) is 16.5. The number of carbonyl (C=O) groups excluding carboxylic acids is 2. The molecule has 0 spiro atoms. The summed E-state index contributed by atoms with van der Waals surface area (Å²) in [6, 6.07) is 3.54. The molecule has 2 rings (SSSR count). The van der Waals surface area contributed by atoms with Crippen LogP contribution in [0.5, 0.6) is 28.7 Å². The van der Waals surface area contributed by atoms with Gasteiger partial charge in [0, 0.05) is 17.7 Å². The van der Waals surface area contributed by atoms with Gasteiger partial charge in [-0.15, -0.1) is 0 Å². The summed E-state index contributed by atoms with van der Waals surface area (Å²) in [5, 5.41) is 39.4. The summed E-state index contributed by atoms with van der Waals surface area (Å²) >= 11 is 0. The average molecular weight is 335 g/mol. The molecular formula is C14H9NO9. The molecule has 0 fully saturated rings. The van der Waals surface area contributed by atoms with Crippen molar-refractivity contribution >= 4 is 18.3 Å². The van der Waals surface area contributed by atoms with Crippen molar-refractivity contribution in [2.75, 3.05) is 0 Å². The van der Waals surface area contributed by atoms with Gasteiger partial charge in [-0.05, 0) is 6.07 Å². The van der Waals surface area contributed by atoms with Crippen molar-refractivity contribution in [1.29, 1.82) is 0 Å². The van der Waals surface area contributed by atoms with Gasteiger partial charge < -0.3 is 15.3 Å². The Morgan fingerprint density at radius 1 is 0.917 bits per heavy atom. The third kappa shape index (κ3) is 3.16. The molecule has 124 valence electrons. The number of aldehydes is 2. The Hall–Kier alpha value is -3.82. The molecule has 0 saturated carbocycles. The number of phenolic OH excluding ortho intramolecular Hbond substituents is 3. The molecular weight excluding hydrogens is 326 g/mol. The predicted molar refractivity (Wildman–Crippen MR) is 76.6 cm³/mol. The molecule has 10 heteroatoms. The SMILES string of the molecule is O=Cc1cc(O)c(O)c(OOc2cc(C=O)c([N+](=O)[O-])cc2O)c1. The van der Waals surface area contributed by atoms with Crippen LogP contribution in [0.4, 0.5) is 5.69 Å². The Morgan fingerprint density at radius 3 is 2.17 bits per heavy atom. The molecule has 24 heavy (non-hydrogen) atoms. The second kappa shape index (κ2) is 6.52. The summed E-state index contributed by atoms with van der Waals surface area (Å²) in [5.74, 6) is -3.01. The third-order valence-electron chi connectivity index (χ3n) is 2.87. The first-order valence-corrected chi connectivity index (χ1v) is 6.19. The molecule has 0 aliphatic rings. The molecule has 0 bridgehead atoms.